The molecular formula is C17H19N3O6. The first-order valence-corrected chi connectivity index (χ1v) is 8.07. The van der Waals surface area contributed by atoms with Crippen molar-refractivity contribution in [1.82, 2.24) is 15.5 Å². The second-order valence-electron chi connectivity index (χ2n) is 5.66. The summed E-state index contributed by atoms with van der Waals surface area (Å²) >= 11 is 0. The van der Waals surface area contributed by atoms with Gasteiger partial charge >= 0.3 is 6.03 Å². The lowest BCUT2D eigenvalue weighted by molar-refractivity contribution is -0.137. The maximum Gasteiger partial charge on any atom is 0.326 e. The number of hydrogen-bond donors (Lipinski definition) is 2. The lowest BCUT2D eigenvalue weighted by atomic mass is 10.1. The molecule has 2 fully saturated rings. The molecule has 2 saturated heterocycles. The van der Waals surface area contributed by atoms with E-state index < -0.39 is 11.9 Å². The van der Waals surface area contributed by atoms with Crippen LogP contribution < -0.4 is 20.1 Å². The highest BCUT2D eigenvalue weighted by atomic mass is 16.5. The molecule has 1 aromatic rings. The Bertz CT molecular complexity index is 755. The van der Waals surface area contributed by atoms with Gasteiger partial charge in [0.2, 0.25) is 0 Å². The Balaban J connectivity index is 1.67. The number of rotatable bonds is 5. The quantitative estimate of drug-likeness (QED) is 0.570. The van der Waals surface area contributed by atoms with Gasteiger partial charge in [-0.3, -0.25) is 14.9 Å². The Morgan fingerprint density at radius 1 is 1.23 bits per heavy atom. The molecule has 0 aliphatic carbocycles. The predicted octanol–water partition coefficient (Wildman–Crippen LogP) is 0.113. The van der Waals surface area contributed by atoms with Crippen LogP contribution in [0.1, 0.15) is 5.56 Å². The Hall–Kier alpha value is -3.07. The van der Waals surface area contributed by atoms with E-state index in [2.05, 4.69) is 10.6 Å². The van der Waals surface area contributed by atoms with Crippen molar-refractivity contribution < 1.29 is 28.6 Å². The largest absolute Gasteiger partial charge is 0.493 e. The molecule has 3 rings (SSSR count). The molecule has 9 nitrogen and oxygen atoms in total. The van der Waals surface area contributed by atoms with Crippen LogP contribution in [0.2, 0.25) is 0 Å². The second-order valence-corrected chi connectivity index (χ2v) is 5.66. The zero-order chi connectivity index (χ0) is 18.5. The molecule has 2 aliphatic rings. The van der Waals surface area contributed by atoms with Gasteiger partial charge < -0.3 is 24.4 Å². The number of imide groups is 1. The van der Waals surface area contributed by atoms with Gasteiger partial charge in [-0.25, -0.2) is 4.79 Å². The van der Waals surface area contributed by atoms with Crippen molar-refractivity contribution in [2.75, 3.05) is 40.0 Å². The Kier molecular flexibility index (Phi) is 5.37. The van der Waals surface area contributed by atoms with Crippen molar-refractivity contribution in [3.05, 3.63) is 29.5 Å². The molecule has 0 aromatic heterocycles. The maximum atomic E-state index is 12.1. The number of nitrogens with zero attached hydrogens (tertiary/aromatic N) is 1. The number of methoxy groups -OCH3 is 1. The van der Waals surface area contributed by atoms with Gasteiger partial charge in [0.05, 0.1) is 20.3 Å². The molecule has 0 saturated carbocycles. The van der Waals surface area contributed by atoms with E-state index in [1.165, 1.54) is 13.2 Å². The van der Waals surface area contributed by atoms with Crippen molar-refractivity contribution in [3.63, 3.8) is 0 Å². The number of benzene rings is 1. The minimum absolute atomic E-state index is 0.102. The topological polar surface area (TPSA) is 106 Å². The number of ether oxygens (including phenoxy) is 3. The first-order valence-electron chi connectivity index (χ1n) is 8.07. The van der Waals surface area contributed by atoms with Crippen LogP contribution in [-0.4, -0.2) is 62.8 Å². The summed E-state index contributed by atoms with van der Waals surface area (Å²) in [5.74, 6) is 0.215. The number of carbonyl (C=O) groups excluding carboxylic acids is 3. The number of urea groups is 1. The molecule has 138 valence electrons. The number of morpholine rings is 1. The molecule has 0 unspecified atom stereocenters. The fraction of sp³-hybridized carbons (Fsp3) is 0.353. The predicted molar refractivity (Wildman–Crippen MR) is 90.5 cm³/mol. The monoisotopic (exact) mass is 361 g/mol. The average Bonchev–Trinajstić information content (AvgIpc) is 2.97. The van der Waals surface area contributed by atoms with Gasteiger partial charge in [0, 0.05) is 13.1 Å². The van der Waals surface area contributed by atoms with Crippen molar-refractivity contribution >= 4 is 23.9 Å². The van der Waals surface area contributed by atoms with Gasteiger partial charge in [-0.2, -0.15) is 0 Å². The van der Waals surface area contributed by atoms with Crippen LogP contribution in [0, 0.1) is 0 Å². The van der Waals surface area contributed by atoms with Gasteiger partial charge in [0.15, 0.2) is 18.1 Å². The molecule has 2 aliphatic heterocycles. The molecule has 0 bridgehead atoms. The van der Waals surface area contributed by atoms with Crippen molar-refractivity contribution in [3.8, 4) is 11.5 Å². The van der Waals surface area contributed by atoms with Gasteiger partial charge in [0.25, 0.3) is 11.8 Å². The minimum atomic E-state index is -0.560. The molecule has 0 atom stereocenters. The normalized spacial score (nSPS) is 18.5. The van der Waals surface area contributed by atoms with Crippen LogP contribution in [0.15, 0.2) is 23.9 Å². The lowest BCUT2D eigenvalue weighted by Crippen LogP contribution is -2.43. The first kappa shape index (κ1) is 17.7. The summed E-state index contributed by atoms with van der Waals surface area (Å²) in [7, 11) is 1.48. The first-order chi connectivity index (χ1) is 12.6. The molecule has 9 heteroatoms. The standard InChI is InChI=1S/C17H19N3O6/c1-24-14-9-11(8-12-16(22)19-17(23)18-12)2-3-13(14)26-10-15(21)20-4-6-25-7-5-20/h2-3,8-9H,4-7,10H2,1H3,(H2,18,19,22,23)/b12-8-. The van der Waals surface area contributed by atoms with Gasteiger partial charge in [0.1, 0.15) is 5.70 Å². The fourth-order valence-corrected chi connectivity index (χ4v) is 2.59. The van der Waals surface area contributed by atoms with Crippen LogP contribution in [-0.2, 0) is 14.3 Å². The van der Waals surface area contributed by atoms with Crippen LogP contribution in [0.25, 0.3) is 6.08 Å². The summed E-state index contributed by atoms with van der Waals surface area (Å²) in [5.41, 5.74) is 0.786. The van der Waals surface area contributed by atoms with Crippen LogP contribution in [0.3, 0.4) is 0 Å². The molecule has 2 heterocycles. The Labute approximate surface area is 149 Å². The third kappa shape index (κ3) is 4.12. The lowest BCUT2D eigenvalue weighted by Gasteiger charge is -2.26. The molecular weight excluding hydrogens is 342 g/mol. The van der Waals surface area contributed by atoms with E-state index in [0.29, 0.717) is 43.4 Å². The van der Waals surface area contributed by atoms with Gasteiger partial charge in [-0.05, 0) is 23.8 Å². The number of nitrogens with one attached hydrogen (secondary N) is 2. The second kappa shape index (κ2) is 7.87. The highest BCUT2D eigenvalue weighted by Crippen LogP contribution is 2.29. The van der Waals surface area contributed by atoms with Gasteiger partial charge in [-0.15, -0.1) is 0 Å². The van der Waals surface area contributed by atoms with Crippen molar-refractivity contribution in [2.45, 2.75) is 0 Å². The molecule has 4 amide bonds. The molecule has 1 aromatic carbocycles. The van der Waals surface area contributed by atoms with Crippen LogP contribution in [0.5, 0.6) is 11.5 Å². The zero-order valence-corrected chi connectivity index (χ0v) is 14.2. The van der Waals surface area contributed by atoms with Crippen molar-refractivity contribution in [1.29, 1.82) is 0 Å². The Morgan fingerprint density at radius 2 is 2.00 bits per heavy atom. The van der Waals surface area contributed by atoms with E-state index in [-0.39, 0.29) is 18.2 Å². The van der Waals surface area contributed by atoms with Gasteiger partial charge in [-0.1, -0.05) is 6.07 Å². The van der Waals surface area contributed by atoms with E-state index >= 15 is 0 Å². The SMILES string of the molecule is COc1cc(/C=C2\NC(=O)NC2=O)ccc1OCC(=O)N1CCOCC1. The van der Waals surface area contributed by atoms with E-state index in [0.717, 1.165) is 0 Å². The summed E-state index contributed by atoms with van der Waals surface area (Å²) < 4.78 is 16.1. The Morgan fingerprint density at radius 3 is 2.65 bits per heavy atom. The van der Waals surface area contributed by atoms with Crippen LogP contribution >= 0.6 is 0 Å². The van der Waals surface area contributed by atoms with Crippen LogP contribution in [0.4, 0.5) is 4.79 Å². The zero-order valence-electron chi connectivity index (χ0n) is 14.2. The molecule has 2 N–H and O–H groups in total. The van der Waals surface area contributed by atoms with E-state index in [4.69, 9.17) is 14.2 Å². The number of amides is 4. The summed E-state index contributed by atoms with van der Waals surface area (Å²) in [6.45, 7) is 2.07. The van der Waals surface area contributed by atoms with Crippen molar-refractivity contribution in [2.24, 2.45) is 0 Å². The number of hydrogen-bond acceptors (Lipinski definition) is 6. The summed E-state index contributed by atoms with van der Waals surface area (Å²) in [6, 6.07) is 4.43. The highest BCUT2D eigenvalue weighted by Gasteiger charge is 2.23. The molecule has 26 heavy (non-hydrogen) atoms. The third-order valence-corrected chi connectivity index (χ3v) is 3.93. The average molecular weight is 361 g/mol. The van der Waals surface area contributed by atoms with E-state index in [9.17, 15) is 14.4 Å². The molecule has 0 spiro atoms. The summed E-state index contributed by atoms with van der Waals surface area (Å²) in [5, 5.41) is 4.54. The summed E-state index contributed by atoms with van der Waals surface area (Å²) in [6.07, 6.45) is 1.52. The summed E-state index contributed by atoms with van der Waals surface area (Å²) in [4.78, 5) is 36.5. The minimum Gasteiger partial charge on any atom is -0.493 e. The number of carbonyl (C=O) groups is 3. The smallest absolute Gasteiger partial charge is 0.326 e. The maximum absolute atomic E-state index is 12.1. The fourth-order valence-electron chi connectivity index (χ4n) is 2.59. The van der Waals surface area contributed by atoms with E-state index in [1.54, 1.807) is 23.1 Å². The highest BCUT2D eigenvalue weighted by molar-refractivity contribution is 6.14. The third-order valence-electron chi connectivity index (χ3n) is 3.93. The van der Waals surface area contributed by atoms with E-state index in [1.807, 2.05) is 0 Å². The molecule has 0 radical (unpaired) electrons.